The highest BCUT2D eigenvalue weighted by molar-refractivity contribution is 5.84. The number of aromatic nitrogens is 4. The van der Waals surface area contributed by atoms with Crippen LogP contribution in [0.3, 0.4) is 0 Å². The van der Waals surface area contributed by atoms with E-state index in [9.17, 15) is 28.2 Å². The normalized spacial score (nSPS) is 22.1. The maximum atomic E-state index is 12.0. The highest BCUT2D eigenvalue weighted by atomic mass is 19.4. The number of carbonyl (C=O) groups excluding carboxylic acids is 1. The van der Waals surface area contributed by atoms with Crippen LogP contribution in [-0.2, 0) is 9.59 Å². The van der Waals surface area contributed by atoms with Crippen molar-refractivity contribution in [1.29, 1.82) is 0 Å². The summed E-state index contributed by atoms with van der Waals surface area (Å²) in [5.41, 5.74) is 3.50. The summed E-state index contributed by atoms with van der Waals surface area (Å²) in [6.45, 7) is 4.08. The van der Waals surface area contributed by atoms with E-state index in [1.54, 1.807) is 17.8 Å². The molecule has 7 N–H and O–H groups in total. The van der Waals surface area contributed by atoms with Crippen molar-refractivity contribution in [3.05, 3.63) is 78.1 Å². The summed E-state index contributed by atoms with van der Waals surface area (Å²) in [6.07, 6.45) is -4.01. The lowest BCUT2D eigenvalue weighted by Crippen LogP contribution is -2.42. The molecule has 6 rings (SSSR count). The maximum Gasteiger partial charge on any atom is 0.490 e. The van der Waals surface area contributed by atoms with Gasteiger partial charge in [-0.05, 0) is 30.5 Å². The molecule has 13 nitrogen and oxygen atoms in total. The number of imidazole rings is 1. The molecular formula is C33H39F3N8O5. The van der Waals surface area contributed by atoms with Crippen LogP contribution in [0.1, 0.15) is 49.3 Å². The van der Waals surface area contributed by atoms with Gasteiger partial charge in [-0.15, -0.1) is 0 Å². The minimum Gasteiger partial charge on any atom is -0.475 e. The van der Waals surface area contributed by atoms with Gasteiger partial charge in [0.2, 0.25) is 11.9 Å². The molecule has 0 radical (unpaired) electrons. The molecule has 49 heavy (non-hydrogen) atoms. The van der Waals surface area contributed by atoms with Gasteiger partial charge in [-0.25, -0.2) is 9.78 Å². The van der Waals surface area contributed by atoms with Crippen molar-refractivity contribution in [1.82, 2.24) is 30.2 Å². The van der Waals surface area contributed by atoms with Crippen LogP contribution >= 0.6 is 0 Å². The molecule has 16 heteroatoms. The Labute approximate surface area is 280 Å². The molecule has 4 aromatic rings. The number of fused-ring (bicyclic) bond motifs is 1. The quantitative estimate of drug-likeness (QED) is 0.130. The number of nitrogens with zero attached hydrogens (tertiary/aromatic N) is 4. The lowest BCUT2D eigenvalue weighted by Gasteiger charge is -2.21. The zero-order chi connectivity index (χ0) is 35.1. The average Bonchev–Trinajstić information content (AvgIpc) is 3.82. The fraction of sp³-hybridized carbons (Fsp3) is 0.424. The molecule has 5 atom stereocenters. The van der Waals surface area contributed by atoms with Crippen molar-refractivity contribution >= 4 is 34.8 Å². The molecule has 2 fully saturated rings. The predicted molar refractivity (Wildman–Crippen MR) is 175 cm³/mol. The molecule has 2 aromatic carbocycles. The maximum absolute atomic E-state index is 12.0. The third-order valence-electron chi connectivity index (χ3n) is 8.61. The lowest BCUT2D eigenvalue weighted by atomic mass is 9.91. The van der Waals surface area contributed by atoms with Gasteiger partial charge >= 0.3 is 12.1 Å². The number of carbonyl (C=O) groups is 2. The highest BCUT2D eigenvalue weighted by Crippen LogP contribution is 2.35. The van der Waals surface area contributed by atoms with Crippen molar-refractivity contribution < 1.29 is 38.1 Å². The molecule has 3 heterocycles. The summed E-state index contributed by atoms with van der Waals surface area (Å²) in [7, 11) is 0. The monoisotopic (exact) mass is 684 g/mol. The van der Waals surface area contributed by atoms with E-state index in [1.165, 1.54) is 11.1 Å². The van der Waals surface area contributed by atoms with Gasteiger partial charge in [-0.2, -0.15) is 23.1 Å². The van der Waals surface area contributed by atoms with Crippen molar-refractivity contribution in [2.24, 2.45) is 0 Å². The molecule has 0 bridgehead atoms. The SMILES string of the molecule is CCC(=O)N[C@H]1C[C@@H](n2cnc3c(NCC(c4ccccc4)c4ccccc4)nc(N[C@@H]4CCNC4)nc32)[C@H](O)[C@@H]1O.O=C(O)C(F)(F)F. The largest absolute Gasteiger partial charge is 0.490 e. The second kappa shape index (κ2) is 15.6. The fourth-order valence-corrected chi connectivity index (χ4v) is 6.04. The topological polar surface area (TPSA) is 187 Å². The summed E-state index contributed by atoms with van der Waals surface area (Å²) in [5.74, 6) is -1.79. The van der Waals surface area contributed by atoms with Crippen molar-refractivity contribution in [2.75, 3.05) is 30.3 Å². The molecule has 1 saturated carbocycles. The van der Waals surface area contributed by atoms with E-state index in [2.05, 4.69) is 50.5 Å². The Balaban J connectivity index is 0.000000606. The first-order valence-corrected chi connectivity index (χ1v) is 16.0. The van der Waals surface area contributed by atoms with Crippen LogP contribution in [0.2, 0.25) is 0 Å². The number of anilines is 2. The molecule has 0 unspecified atom stereocenters. The molecule has 1 aliphatic carbocycles. The van der Waals surface area contributed by atoms with Gasteiger partial charge in [0.15, 0.2) is 17.0 Å². The molecular weight excluding hydrogens is 645 g/mol. The van der Waals surface area contributed by atoms with Crippen LogP contribution in [0.5, 0.6) is 0 Å². The Kier molecular flexibility index (Phi) is 11.3. The van der Waals surface area contributed by atoms with Crippen LogP contribution in [0.4, 0.5) is 24.9 Å². The average molecular weight is 685 g/mol. The van der Waals surface area contributed by atoms with Crippen molar-refractivity contribution in [3.8, 4) is 0 Å². The van der Waals surface area contributed by atoms with E-state index in [4.69, 9.17) is 19.9 Å². The van der Waals surface area contributed by atoms with Crippen LogP contribution < -0.4 is 21.3 Å². The first-order valence-electron chi connectivity index (χ1n) is 16.0. The number of halogens is 3. The van der Waals surface area contributed by atoms with Gasteiger partial charge in [-0.1, -0.05) is 67.6 Å². The first kappa shape index (κ1) is 35.5. The number of amides is 1. The Morgan fingerprint density at radius 2 is 1.65 bits per heavy atom. The standard InChI is InChI=1S/C31H38N8O3.C2HF3O2/c1-2-25(40)36-23-15-24(28(42)27(23)41)39-18-34-26-29(37-31(38-30(26)39)35-21-13-14-32-16-21)33-17-22(19-9-5-3-6-10-19)20-11-7-4-8-12-20;3-2(4,5)1(6)7/h3-12,18,21-24,27-28,32,41-42H,2,13-17H2,1H3,(H,36,40)(H2,33,35,37,38);(H,6,7)/t21-,23+,24-,27-,28+;/m1./s1. The number of carboxylic acid groups (broad SMARTS) is 1. The number of hydrogen-bond donors (Lipinski definition) is 7. The molecule has 0 spiro atoms. The molecule has 1 amide bonds. The van der Waals surface area contributed by atoms with Gasteiger partial charge in [0, 0.05) is 31.5 Å². The Morgan fingerprint density at radius 1 is 1.02 bits per heavy atom. The van der Waals surface area contributed by atoms with Gasteiger partial charge in [-0.3, -0.25) is 4.79 Å². The number of benzene rings is 2. The summed E-state index contributed by atoms with van der Waals surface area (Å²) < 4.78 is 33.5. The number of aliphatic carboxylic acids is 1. The number of carboxylic acids is 1. The summed E-state index contributed by atoms with van der Waals surface area (Å²) in [6, 6.07) is 19.9. The van der Waals surface area contributed by atoms with E-state index >= 15 is 0 Å². The Morgan fingerprint density at radius 3 is 2.20 bits per heavy atom. The van der Waals surface area contributed by atoms with Crippen LogP contribution in [0.15, 0.2) is 67.0 Å². The molecule has 1 aliphatic heterocycles. The highest BCUT2D eigenvalue weighted by Gasteiger charge is 2.44. The number of hydrogen-bond acceptors (Lipinski definition) is 10. The minimum atomic E-state index is -5.08. The van der Waals surface area contributed by atoms with Gasteiger partial charge < -0.3 is 41.2 Å². The number of alkyl halides is 3. The van der Waals surface area contributed by atoms with Crippen molar-refractivity contribution in [3.63, 3.8) is 0 Å². The summed E-state index contributed by atoms with van der Waals surface area (Å²) in [5, 5.41) is 42.1. The molecule has 262 valence electrons. The smallest absolute Gasteiger partial charge is 0.475 e. The number of nitrogens with one attached hydrogen (secondary N) is 4. The summed E-state index contributed by atoms with van der Waals surface area (Å²) >= 11 is 0. The molecule has 1 saturated heterocycles. The van der Waals surface area contributed by atoms with Gasteiger partial charge in [0.1, 0.15) is 12.2 Å². The van der Waals surface area contributed by atoms with Crippen LogP contribution in [0.25, 0.3) is 11.2 Å². The zero-order valence-electron chi connectivity index (χ0n) is 26.6. The van der Waals surface area contributed by atoms with E-state index < -0.39 is 36.4 Å². The second-order valence-corrected chi connectivity index (χ2v) is 11.9. The lowest BCUT2D eigenvalue weighted by molar-refractivity contribution is -0.192. The number of aliphatic hydroxyl groups excluding tert-OH is 2. The molecule has 2 aliphatic rings. The predicted octanol–water partition coefficient (Wildman–Crippen LogP) is 3.04. The Bertz CT molecular complexity index is 1660. The zero-order valence-corrected chi connectivity index (χ0v) is 26.6. The number of aliphatic hydroxyl groups is 2. The number of rotatable bonds is 10. The second-order valence-electron chi connectivity index (χ2n) is 11.9. The first-order chi connectivity index (χ1) is 23.5. The fourth-order valence-electron chi connectivity index (χ4n) is 6.04. The van der Waals surface area contributed by atoms with E-state index in [-0.39, 0.29) is 17.9 Å². The van der Waals surface area contributed by atoms with Crippen LogP contribution in [-0.4, -0.2) is 96.8 Å². The molecule has 2 aromatic heterocycles. The van der Waals surface area contributed by atoms with E-state index in [0.29, 0.717) is 42.3 Å². The van der Waals surface area contributed by atoms with E-state index in [0.717, 1.165) is 19.5 Å². The van der Waals surface area contributed by atoms with Crippen LogP contribution in [0, 0.1) is 0 Å². The summed E-state index contributed by atoms with van der Waals surface area (Å²) in [4.78, 5) is 35.3. The van der Waals surface area contributed by atoms with E-state index in [1.807, 2.05) is 36.4 Å². The Hall–Kier alpha value is -4.80. The van der Waals surface area contributed by atoms with Gasteiger partial charge in [0.25, 0.3) is 0 Å². The van der Waals surface area contributed by atoms with Gasteiger partial charge in [0.05, 0.1) is 18.4 Å². The third kappa shape index (κ3) is 8.63. The minimum absolute atomic E-state index is 0.0738. The third-order valence-corrected chi connectivity index (χ3v) is 8.61. The van der Waals surface area contributed by atoms with Crippen molar-refractivity contribution in [2.45, 2.75) is 68.6 Å².